The van der Waals surface area contributed by atoms with Crippen LogP contribution < -0.4 is 4.74 Å². The van der Waals surface area contributed by atoms with E-state index in [9.17, 15) is 4.79 Å². The Balaban J connectivity index is 1.97. The van der Waals surface area contributed by atoms with Crippen LogP contribution in [0.25, 0.3) is 0 Å². The van der Waals surface area contributed by atoms with Crippen molar-refractivity contribution in [2.75, 3.05) is 14.2 Å². The van der Waals surface area contributed by atoms with Gasteiger partial charge in [-0.2, -0.15) is 0 Å². The van der Waals surface area contributed by atoms with E-state index in [0.29, 0.717) is 5.78 Å². The Bertz CT molecular complexity index is 386. The van der Waals surface area contributed by atoms with Crippen molar-refractivity contribution in [3.8, 4) is 5.75 Å². The zero-order valence-corrected chi connectivity index (χ0v) is 10.5. The maximum atomic E-state index is 11.6. The molecule has 1 saturated carbocycles. The van der Waals surface area contributed by atoms with Gasteiger partial charge in [0.1, 0.15) is 11.5 Å². The first-order chi connectivity index (χ1) is 8.20. The highest BCUT2D eigenvalue weighted by atomic mass is 16.5. The number of nitrogens with zero attached hydrogens (tertiary/aromatic N) is 1. The largest absolute Gasteiger partial charge is 0.497 e. The molecule has 3 nitrogen and oxygen atoms in total. The minimum absolute atomic E-state index is 0.122. The molecule has 2 rings (SSSR count). The summed E-state index contributed by atoms with van der Waals surface area (Å²) in [7, 11) is 3.69. The first kappa shape index (κ1) is 12.1. The van der Waals surface area contributed by atoms with Gasteiger partial charge in [0, 0.05) is 13.0 Å². The Morgan fingerprint density at radius 3 is 2.59 bits per heavy atom. The quantitative estimate of drug-likeness (QED) is 0.799. The molecule has 92 valence electrons. The Morgan fingerprint density at radius 1 is 1.35 bits per heavy atom. The van der Waals surface area contributed by atoms with E-state index in [4.69, 9.17) is 4.74 Å². The summed E-state index contributed by atoms with van der Waals surface area (Å²) in [4.78, 5) is 13.8. The van der Waals surface area contributed by atoms with E-state index in [1.54, 1.807) is 7.11 Å². The standard InChI is InChI=1S/C14H19NO2/c1-15(13-4-3-5-14(13)16)10-11-6-8-12(17-2)9-7-11/h6-9,13H,3-5,10H2,1-2H3. The number of carbonyl (C=O) groups is 1. The molecule has 0 bridgehead atoms. The highest BCUT2D eigenvalue weighted by Crippen LogP contribution is 2.21. The SMILES string of the molecule is COc1ccc(CN(C)C2CCCC2=O)cc1. The van der Waals surface area contributed by atoms with Crippen molar-refractivity contribution < 1.29 is 9.53 Å². The van der Waals surface area contributed by atoms with Gasteiger partial charge in [-0.3, -0.25) is 9.69 Å². The summed E-state index contributed by atoms with van der Waals surface area (Å²) < 4.78 is 5.12. The predicted octanol–water partition coefficient (Wildman–Crippen LogP) is 2.25. The first-order valence-electron chi connectivity index (χ1n) is 6.06. The fourth-order valence-corrected chi connectivity index (χ4v) is 2.39. The molecule has 17 heavy (non-hydrogen) atoms. The molecule has 0 N–H and O–H groups in total. The summed E-state index contributed by atoms with van der Waals surface area (Å²) in [5.41, 5.74) is 1.22. The molecular formula is C14H19NO2. The van der Waals surface area contributed by atoms with E-state index in [-0.39, 0.29) is 6.04 Å². The molecule has 0 spiro atoms. The molecule has 0 radical (unpaired) electrons. The highest BCUT2D eigenvalue weighted by Gasteiger charge is 2.27. The molecule has 1 aromatic rings. The second-order valence-electron chi connectivity index (χ2n) is 4.64. The van der Waals surface area contributed by atoms with Crippen molar-refractivity contribution in [1.29, 1.82) is 0 Å². The van der Waals surface area contributed by atoms with Gasteiger partial charge in [-0.15, -0.1) is 0 Å². The van der Waals surface area contributed by atoms with E-state index < -0.39 is 0 Å². The number of ether oxygens (including phenoxy) is 1. The smallest absolute Gasteiger partial charge is 0.149 e. The van der Waals surface area contributed by atoms with Crippen LogP contribution in [0.1, 0.15) is 24.8 Å². The molecular weight excluding hydrogens is 214 g/mol. The van der Waals surface area contributed by atoms with Gasteiger partial charge in [-0.05, 0) is 37.6 Å². The Labute approximate surface area is 102 Å². The van der Waals surface area contributed by atoms with E-state index in [1.807, 2.05) is 19.2 Å². The van der Waals surface area contributed by atoms with Gasteiger partial charge in [-0.25, -0.2) is 0 Å². The van der Waals surface area contributed by atoms with E-state index in [1.165, 1.54) is 5.56 Å². The molecule has 0 saturated heterocycles. The van der Waals surface area contributed by atoms with Crippen LogP contribution in [0.2, 0.25) is 0 Å². The summed E-state index contributed by atoms with van der Waals surface area (Å²) in [5, 5.41) is 0. The minimum Gasteiger partial charge on any atom is -0.497 e. The van der Waals surface area contributed by atoms with Gasteiger partial charge in [-0.1, -0.05) is 12.1 Å². The van der Waals surface area contributed by atoms with Crippen LogP contribution >= 0.6 is 0 Å². The third-order valence-electron chi connectivity index (χ3n) is 3.40. The molecule has 0 aromatic heterocycles. The number of ketones is 1. The summed E-state index contributed by atoms with van der Waals surface area (Å²) in [6.45, 7) is 0.820. The normalized spacial score (nSPS) is 19.9. The fourth-order valence-electron chi connectivity index (χ4n) is 2.39. The highest BCUT2D eigenvalue weighted by molar-refractivity contribution is 5.85. The molecule has 3 heteroatoms. The molecule has 0 heterocycles. The van der Waals surface area contributed by atoms with Crippen molar-refractivity contribution in [2.24, 2.45) is 0 Å². The van der Waals surface area contributed by atoms with Crippen molar-refractivity contribution >= 4 is 5.78 Å². The Hall–Kier alpha value is -1.35. The zero-order chi connectivity index (χ0) is 12.3. The van der Waals surface area contributed by atoms with Crippen LogP contribution in [-0.4, -0.2) is 30.9 Å². The van der Waals surface area contributed by atoms with Gasteiger partial charge in [0.05, 0.1) is 13.2 Å². The lowest BCUT2D eigenvalue weighted by Gasteiger charge is -2.22. The van der Waals surface area contributed by atoms with Gasteiger partial charge in [0.2, 0.25) is 0 Å². The van der Waals surface area contributed by atoms with Crippen molar-refractivity contribution in [3.63, 3.8) is 0 Å². The average molecular weight is 233 g/mol. The van der Waals surface area contributed by atoms with Gasteiger partial charge < -0.3 is 4.74 Å². The van der Waals surface area contributed by atoms with E-state index in [0.717, 1.165) is 31.6 Å². The number of hydrogen-bond acceptors (Lipinski definition) is 3. The molecule has 1 fully saturated rings. The number of hydrogen-bond donors (Lipinski definition) is 0. The second kappa shape index (κ2) is 5.32. The number of carbonyl (C=O) groups excluding carboxylic acids is 1. The maximum Gasteiger partial charge on any atom is 0.149 e. The van der Waals surface area contributed by atoms with Gasteiger partial charge in [0.15, 0.2) is 0 Å². The van der Waals surface area contributed by atoms with E-state index >= 15 is 0 Å². The maximum absolute atomic E-state index is 11.6. The molecule has 1 aromatic carbocycles. The van der Waals surface area contributed by atoms with Gasteiger partial charge in [0.25, 0.3) is 0 Å². The topological polar surface area (TPSA) is 29.5 Å². The number of methoxy groups -OCH3 is 1. The second-order valence-corrected chi connectivity index (χ2v) is 4.64. The number of benzene rings is 1. The molecule has 1 unspecified atom stereocenters. The van der Waals surface area contributed by atoms with Crippen LogP contribution in [-0.2, 0) is 11.3 Å². The predicted molar refractivity (Wildman–Crippen MR) is 67.1 cm³/mol. The average Bonchev–Trinajstić information content (AvgIpc) is 2.76. The van der Waals surface area contributed by atoms with Crippen LogP contribution in [0, 0.1) is 0 Å². The molecule has 1 atom stereocenters. The zero-order valence-electron chi connectivity index (χ0n) is 10.5. The van der Waals surface area contributed by atoms with Crippen molar-refractivity contribution in [2.45, 2.75) is 31.8 Å². The molecule has 0 aliphatic heterocycles. The fraction of sp³-hybridized carbons (Fsp3) is 0.500. The van der Waals surface area contributed by atoms with Crippen LogP contribution in [0.15, 0.2) is 24.3 Å². The number of rotatable bonds is 4. The first-order valence-corrected chi connectivity index (χ1v) is 6.06. The van der Waals surface area contributed by atoms with Crippen LogP contribution in [0.4, 0.5) is 0 Å². The third kappa shape index (κ3) is 2.86. The molecule has 1 aliphatic carbocycles. The van der Waals surface area contributed by atoms with E-state index in [2.05, 4.69) is 17.0 Å². The lowest BCUT2D eigenvalue weighted by Crippen LogP contribution is -2.34. The summed E-state index contributed by atoms with van der Waals surface area (Å²) in [6, 6.07) is 8.14. The van der Waals surface area contributed by atoms with Crippen molar-refractivity contribution in [1.82, 2.24) is 4.90 Å². The van der Waals surface area contributed by atoms with Crippen molar-refractivity contribution in [3.05, 3.63) is 29.8 Å². The third-order valence-corrected chi connectivity index (χ3v) is 3.40. The van der Waals surface area contributed by atoms with Crippen LogP contribution in [0.5, 0.6) is 5.75 Å². The van der Waals surface area contributed by atoms with Crippen LogP contribution in [0.3, 0.4) is 0 Å². The monoisotopic (exact) mass is 233 g/mol. The Morgan fingerprint density at radius 2 is 2.06 bits per heavy atom. The minimum atomic E-state index is 0.122. The lowest BCUT2D eigenvalue weighted by atomic mass is 10.1. The molecule has 1 aliphatic rings. The van der Waals surface area contributed by atoms with Gasteiger partial charge >= 0.3 is 0 Å². The Kier molecular flexibility index (Phi) is 3.79. The number of likely N-dealkylation sites (N-methyl/N-ethyl adjacent to an activating group) is 1. The summed E-state index contributed by atoms with van der Waals surface area (Å²) >= 11 is 0. The number of Topliss-reactive ketones (excluding diaryl/α,β-unsaturated/α-hetero) is 1. The lowest BCUT2D eigenvalue weighted by molar-refractivity contribution is -0.121. The summed E-state index contributed by atoms with van der Waals surface area (Å²) in [5.74, 6) is 1.26. The summed E-state index contributed by atoms with van der Waals surface area (Å²) in [6.07, 6.45) is 2.79. The molecule has 0 amide bonds.